The molecule has 1 saturated carbocycles. The van der Waals surface area contributed by atoms with Crippen molar-refractivity contribution >= 4 is 15.7 Å². The van der Waals surface area contributed by atoms with Gasteiger partial charge in [-0.1, -0.05) is 6.92 Å². The molecular weight excluding hydrogens is 264 g/mol. The van der Waals surface area contributed by atoms with Crippen LogP contribution in [-0.4, -0.2) is 22.1 Å². The van der Waals surface area contributed by atoms with E-state index in [0.29, 0.717) is 18.0 Å². The summed E-state index contributed by atoms with van der Waals surface area (Å²) in [6.45, 7) is 2.59. The third-order valence-corrected chi connectivity index (χ3v) is 5.26. The van der Waals surface area contributed by atoms with E-state index in [2.05, 4.69) is 11.6 Å². The highest BCUT2D eigenvalue weighted by atomic mass is 32.2. The second kappa shape index (κ2) is 5.02. The average molecular weight is 284 g/mol. The number of nitrogens with one attached hydrogen (secondary N) is 1. The molecule has 0 unspecified atom stereocenters. The van der Waals surface area contributed by atoms with Gasteiger partial charge < -0.3 is 10.5 Å². The normalized spacial score (nSPS) is 17.2. The van der Waals surface area contributed by atoms with E-state index in [9.17, 15) is 8.42 Å². The molecule has 1 aromatic rings. The summed E-state index contributed by atoms with van der Waals surface area (Å²) in [6, 6.07) is 4.48. The fourth-order valence-corrected chi connectivity index (χ4v) is 3.19. The van der Waals surface area contributed by atoms with Crippen LogP contribution >= 0.6 is 0 Å². The monoisotopic (exact) mass is 284 g/mol. The summed E-state index contributed by atoms with van der Waals surface area (Å²) >= 11 is 0. The number of nitrogens with two attached hydrogens (primary N) is 1. The van der Waals surface area contributed by atoms with Crippen molar-refractivity contribution in [1.82, 2.24) is 4.72 Å². The molecule has 19 heavy (non-hydrogen) atoms. The second-order valence-corrected chi connectivity index (χ2v) is 6.85. The summed E-state index contributed by atoms with van der Waals surface area (Å²) in [4.78, 5) is 0.186. The van der Waals surface area contributed by atoms with E-state index in [0.717, 1.165) is 19.3 Å². The summed E-state index contributed by atoms with van der Waals surface area (Å²) in [5.41, 5.74) is 6.27. The van der Waals surface area contributed by atoms with Gasteiger partial charge in [0.05, 0.1) is 17.7 Å². The maximum Gasteiger partial charge on any atom is 0.240 e. The van der Waals surface area contributed by atoms with Crippen LogP contribution in [0.3, 0.4) is 0 Å². The van der Waals surface area contributed by atoms with Crippen LogP contribution in [-0.2, 0) is 10.0 Å². The number of rotatable bonds is 6. The van der Waals surface area contributed by atoms with E-state index in [1.165, 1.54) is 19.2 Å². The molecule has 5 nitrogen and oxygen atoms in total. The van der Waals surface area contributed by atoms with Gasteiger partial charge in [0.15, 0.2) is 0 Å². The quantitative estimate of drug-likeness (QED) is 0.780. The largest absolute Gasteiger partial charge is 0.495 e. The van der Waals surface area contributed by atoms with Crippen LogP contribution < -0.4 is 15.2 Å². The van der Waals surface area contributed by atoms with Gasteiger partial charge in [-0.15, -0.1) is 0 Å². The fourth-order valence-electron chi connectivity index (χ4n) is 2.02. The smallest absolute Gasteiger partial charge is 0.240 e. The lowest BCUT2D eigenvalue weighted by Gasteiger charge is -2.14. The van der Waals surface area contributed by atoms with Gasteiger partial charge in [0, 0.05) is 12.6 Å². The van der Waals surface area contributed by atoms with Crippen LogP contribution in [0.25, 0.3) is 0 Å². The molecule has 0 heterocycles. The highest BCUT2D eigenvalue weighted by Crippen LogP contribution is 2.48. The number of nitrogen functional groups attached to an aromatic ring is 1. The predicted octanol–water partition coefficient (Wildman–Crippen LogP) is 1.75. The highest BCUT2D eigenvalue weighted by molar-refractivity contribution is 7.89. The molecule has 6 heteroatoms. The molecule has 1 aliphatic carbocycles. The topological polar surface area (TPSA) is 81.4 Å². The molecule has 0 bridgehead atoms. The lowest BCUT2D eigenvalue weighted by Crippen LogP contribution is -2.30. The average Bonchev–Trinajstić information content (AvgIpc) is 3.17. The minimum absolute atomic E-state index is 0.172. The molecule has 0 spiro atoms. The van der Waals surface area contributed by atoms with Crippen molar-refractivity contribution in [2.75, 3.05) is 19.4 Å². The van der Waals surface area contributed by atoms with E-state index in [4.69, 9.17) is 10.5 Å². The Hall–Kier alpha value is -1.27. The highest BCUT2D eigenvalue weighted by Gasteiger charge is 2.41. The minimum atomic E-state index is -3.50. The Morgan fingerprint density at radius 3 is 2.63 bits per heavy atom. The van der Waals surface area contributed by atoms with E-state index < -0.39 is 10.0 Å². The SMILES string of the molecule is CCC1(CNS(=O)(=O)c2ccc(N)c(OC)c2)CC1. The first-order valence-corrected chi connectivity index (χ1v) is 7.84. The second-order valence-electron chi connectivity index (χ2n) is 5.08. The van der Waals surface area contributed by atoms with Crippen molar-refractivity contribution in [2.45, 2.75) is 31.1 Å². The van der Waals surface area contributed by atoms with Crippen molar-refractivity contribution in [1.29, 1.82) is 0 Å². The lowest BCUT2D eigenvalue weighted by atomic mass is 10.1. The summed E-state index contributed by atoms with van der Waals surface area (Å²) in [7, 11) is -2.03. The fraction of sp³-hybridized carbons (Fsp3) is 0.538. The zero-order valence-electron chi connectivity index (χ0n) is 11.3. The van der Waals surface area contributed by atoms with E-state index in [1.807, 2.05) is 0 Å². The number of hydrogen-bond acceptors (Lipinski definition) is 4. The summed E-state index contributed by atoms with van der Waals surface area (Å²) < 4.78 is 32.1. The molecule has 0 aromatic heterocycles. The molecule has 0 amide bonds. The van der Waals surface area contributed by atoms with Gasteiger partial charge in [-0.3, -0.25) is 0 Å². The third-order valence-electron chi connectivity index (χ3n) is 3.86. The van der Waals surface area contributed by atoms with E-state index in [-0.39, 0.29) is 10.3 Å². The molecule has 106 valence electrons. The molecule has 1 aliphatic rings. The van der Waals surface area contributed by atoms with Crippen LogP contribution in [0.2, 0.25) is 0 Å². The van der Waals surface area contributed by atoms with Crippen LogP contribution in [0.5, 0.6) is 5.75 Å². The minimum Gasteiger partial charge on any atom is -0.495 e. The summed E-state index contributed by atoms with van der Waals surface area (Å²) in [5.74, 6) is 0.375. The van der Waals surface area contributed by atoms with E-state index >= 15 is 0 Å². The predicted molar refractivity (Wildman–Crippen MR) is 74.6 cm³/mol. The molecule has 1 aromatic carbocycles. The molecule has 3 N–H and O–H groups in total. The van der Waals surface area contributed by atoms with Crippen molar-refractivity contribution in [3.8, 4) is 5.75 Å². The lowest BCUT2D eigenvalue weighted by molar-refractivity contribution is 0.415. The Kier molecular flexibility index (Phi) is 3.73. The van der Waals surface area contributed by atoms with Gasteiger partial charge in [0.1, 0.15) is 5.75 Å². The van der Waals surface area contributed by atoms with Crippen LogP contribution in [0.15, 0.2) is 23.1 Å². The van der Waals surface area contributed by atoms with Gasteiger partial charge in [0.25, 0.3) is 0 Å². The molecule has 0 aliphatic heterocycles. The van der Waals surface area contributed by atoms with E-state index in [1.54, 1.807) is 6.07 Å². The number of methoxy groups -OCH3 is 1. The maximum absolute atomic E-state index is 12.2. The summed E-state index contributed by atoms with van der Waals surface area (Å²) in [5, 5.41) is 0. The number of sulfonamides is 1. The van der Waals surface area contributed by atoms with Crippen LogP contribution in [0, 0.1) is 5.41 Å². The Balaban J connectivity index is 2.15. The number of anilines is 1. The van der Waals surface area contributed by atoms with Gasteiger partial charge in [-0.2, -0.15) is 0 Å². The van der Waals surface area contributed by atoms with Crippen molar-refractivity contribution in [3.63, 3.8) is 0 Å². The maximum atomic E-state index is 12.2. The summed E-state index contributed by atoms with van der Waals surface area (Å²) in [6.07, 6.45) is 3.19. The molecule has 0 radical (unpaired) electrons. The number of ether oxygens (including phenoxy) is 1. The number of hydrogen-bond donors (Lipinski definition) is 2. The third kappa shape index (κ3) is 3.01. The van der Waals surface area contributed by atoms with Crippen LogP contribution in [0.1, 0.15) is 26.2 Å². The van der Waals surface area contributed by atoms with Crippen molar-refractivity contribution in [3.05, 3.63) is 18.2 Å². The first-order chi connectivity index (χ1) is 8.92. The zero-order chi connectivity index (χ0) is 14.1. The molecule has 1 fully saturated rings. The molecule has 2 rings (SSSR count). The van der Waals surface area contributed by atoms with Crippen molar-refractivity contribution in [2.24, 2.45) is 5.41 Å². The first-order valence-electron chi connectivity index (χ1n) is 6.36. The Bertz CT molecular complexity index is 565. The first kappa shape index (κ1) is 14.1. The zero-order valence-corrected chi connectivity index (χ0v) is 12.1. The van der Waals surface area contributed by atoms with Gasteiger partial charge >= 0.3 is 0 Å². The Labute approximate surface area is 114 Å². The van der Waals surface area contributed by atoms with Gasteiger partial charge in [-0.05, 0) is 36.8 Å². The molecular formula is C13H20N2O3S. The van der Waals surface area contributed by atoms with Gasteiger partial charge in [-0.25, -0.2) is 13.1 Å². The van der Waals surface area contributed by atoms with Crippen LogP contribution in [0.4, 0.5) is 5.69 Å². The molecule has 0 atom stereocenters. The Morgan fingerprint density at radius 2 is 2.11 bits per heavy atom. The Morgan fingerprint density at radius 1 is 1.42 bits per heavy atom. The standard InChI is InChI=1S/C13H20N2O3S/c1-3-13(6-7-13)9-15-19(16,17)10-4-5-11(14)12(8-10)18-2/h4-5,8,15H,3,6-7,9,14H2,1-2H3. The van der Waals surface area contributed by atoms with Crippen molar-refractivity contribution < 1.29 is 13.2 Å². The molecule has 0 saturated heterocycles. The van der Waals surface area contributed by atoms with Gasteiger partial charge in [0.2, 0.25) is 10.0 Å². The number of benzene rings is 1.